The minimum atomic E-state index is -0.888. The first-order chi connectivity index (χ1) is 8.47. The third-order valence-electron chi connectivity index (χ3n) is 2.51. The predicted molar refractivity (Wildman–Crippen MR) is 66.3 cm³/mol. The minimum Gasteiger partial charge on any atom is -0.508 e. The number of carbonyl (C=O) groups is 2. The van der Waals surface area contributed by atoms with Crippen LogP contribution < -0.4 is 5.32 Å². The van der Waals surface area contributed by atoms with Crippen molar-refractivity contribution >= 4 is 11.9 Å². The van der Waals surface area contributed by atoms with E-state index in [0.717, 1.165) is 5.56 Å². The Bertz CT molecular complexity index is 431. The normalized spacial score (nSPS) is 11.8. The van der Waals surface area contributed by atoms with Crippen molar-refractivity contribution in [1.82, 2.24) is 5.32 Å². The highest BCUT2D eigenvalue weighted by Gasteiger charge is 2.13. The zero-order valence-corrected chi connectivity index (χ0v) is 10.2. The van der Waals surface area contributed by atoms with Gasteiger partial charge in [-0.3, -0.25) is 9.59 Å². The highest BCUT2D eigenvalue weighted by molar-refractivity contribution is 5.73. The van der Waals surface area contributed by atoms with E-state index in [1.165, 1.54) is 6.92 Å². The number of phenols is 1. The molecule has 0 heterocycles. The summed E-state index contributed by atoms with van der Waals surface area (Å²) in [5.74, 6) is -0.917. The van der Waals surface area contributed by atoms with Crippen LogP contribution in [0.5, 0.6) is 5.75 Å². The van der Waals surface area contributed by atoms with Crippen LogP contribution in [0, 0.1) is 0 Å². The van der Waals surface area contributed by atoms with Crippen molar-refractivity contribution in [1.29, 1.82) is 0 Å². The van der Waals surface area contributed by atoms with Gasteiger partial charge < -0.3 is 15.5 Å². The molecular formula is C13H17NO4. The van der Waals surface area contributed by atoms with E-state index in [-0.39, 0.29) is 24.1 Å². The molecule has 0 bridgehead atoms. The number of amides is 1. The number of hydrogen-bond acceptors (Lipinski definition) is 3. The Hall–Kier alpha value is -2.04. The summed E-state index contributed by atoms with van der Waals surface area (Å²) in [5, 5.41) is 20.7. The maximum Gasteiger partial charge on any atom is 0.303 e. The van der Waals surface area contributed by atoms with Crippen LogP contribution in [0.1, 0.15) is 25.3 Å². The van der Waals surface area contributed by atoms with Crippen LogP contribution in [0.2, 0.25) is 0 Å². The Labute approximate surface area is 105 Å². The number of carboxylic acid groups (broad SMARTS) is 1. The van der Waals surface area contributed by atoms with Gasteiger partial charge in [-0.25, -0.2) is 0 Å². The third kappa shape index (κ3) is 5.34. The number of benzene rings is 1. The standard InChI is InChI=1S/C13H17NO4/c1-9(15)14-11(5-6-13(17)18)7-10-3-2-4-12(16)8-10/h2-4,8,11,16H,5-7H2,1H3,(H,14,15)(H,17,18). The van der Waals surface area contributed by atoms with Crippen LogP contribution in [0.4, 0.5) is 0 Å². The smallest absolute Gasteiger partial charge is 0.303 e. The number of carboxylic acids is 1. The van der Waals surface area contributed by atoms with Gasteiger partial charge >= 0.3 is 5.97 Å². The fourth-order valence-electron chi connectivity index (χ4n) is 1.78. The Kier molecular flexibility index (Phi) is 5.17. The lowest BCUT2D eigenvalue weighted by Gasteiger charge is -2.17. The molecule has 1 amide bonds. The van der Waals surface area contributed by atoms with Crippen molar-refractivity contribution in [3.63, 3.8) is 0 Å². The molecule has 1 atom stereocenters. The van der Waals surface area contributed by atoms with Crippen LogP contribution in [0.25, 0.3) is 0 Å². The first-order valence-electron chi connectivity index (χ1n) is 5.74. The van der Waals surface area contributed by atoms with Crippen LogP contribution in [0.3, 0.4) is 0 Å². The lowest BCUT2D eigenvalue weighted by Crippen LogP contribution is -2.35. The predicted octanol–water partition coefficient (Wildman–Crippen LogP) is 1.30. The monoisotopic (exact) mass is 251 g/mol. The van der Waals surface area contributed by atoms with Crippen molar-refractivity contribution in [2.24, 2.45) is 0 Å². The fourth-order valence-corrected chi connectivity index (χ4v) is 1.78. The highest BCUT2D eigenvalue weighted by atomic mass is 16.4. The van der Waals surface area contributed by atoms with Gasteiger partial charge in [-0.15, -0.1) is 0 Å². The Morgan fingerprint density at radius 3 is 2.67 bits per heavy atom. The summed E-state index contributed by atoms with van der Waals surface area (Å²) in [4.78, 5) is 21.6. The molecule has 98 valence electrons. The second-order valence-electron chi connectivity index (χ2n) is 4.20. The fraction of sp³-hybridized carbons (Fsp3) is 0.385. The summed E-state index contributed by atoms with van der Waals surface area (Å²) in [6.07, 6.45) is 0.871. The SMILES string of the molecule is CC(=O)NC(CCC(=O)O)Cc1cccc(O)c1. The molecule has 0 aliphatic carbocycles. The number of aromatic hydroxyl groups is 1. The zero-order valence-electron chi connectivity index (χ0n) is 10.2. The molecule has 0 aromatic heterocycles. The lowest BCUT2D eigenvalue weighted by molar-refractivity contribution is -0.137. The largest absolute Gasteiger partial charge is 0.508 e. The first kappa shape index (κ1) is 14.0. The Morgan fingerprint density at radius 1 is 1.39 bits per heavy atom. The number of phenolic OH excluding ortho intramolecular Hbond substituents is 1. The van der Waals surface area contributed by atoms with Crippen LogP contribution in [-0.2, 0) is 16.0 Å². The van der Waals surface area contributed by atoms with Gasteiger partial charge in [-0.1, -0.05) is 12.1 Å². The van der Waals surface area contributed by atoms with Gasteiger partial charge in [0.1, 0.15) is 5.75 Å². The highest BCUT2D eigenvalue weighted by Crippen LogP contribution is 2.14. The van der Waals surface area contributed by atoms with Gasteiger partial charge in [0.15, 0.2) is 0 Å². The summed E-state index contributed by atoms with van der Waals surface area (Å²) in [6, 6.07) is 6.48. The van der Waals surface area contributed by atoms with Gasteiger partial charge in [0.05, 0.1) is 0 Å². The van der Waals surface area contributed by atoms with Crippen LogP contribution in [-0.4, -0.2) is 28.1 Å². The second kappa shape index (κ2) is 6.64. The molecule has 1 rings (SSSR count). The maximum atomic E-state index is 11.0. The molecule has 0 saturated carbocycles. The topological polar surface area (TPSA) is 86.6 Å². The Balaban J connectivity index is 2.65. The van der Waals surface area contributed by atoms with Gasteiger partial charge in [0.2, 0.25) is 5.91 Å². The van der Waals surface area contributed by atoms with Gasteiger partial charge in [0, 0.05) is 19.4 Å². The molecule has 0 saturated heterocycles. The second-order valence-corrected chi connectivity index (χ2v) is 4.20. The van der Waals surface area contributed by atoms with Crippen molar-refractivity contribution in [3.8, 4) is 5.75 Å². The average Bonchev–Trinajstić information content (AvgIpc) is 2.25. The van der Waals surface area contributed by atoms with Gasteiger partial charge in [-0.2, -0.15) is 0 Å². The molecule has 5 heteroatoms. The molecule has 1 aromatic carbocycles. The summed E-state index contributed by atoms with van der Waals surface area (Å²) in [7, 11) is 0. The molecule has 0 aliphatic heterocycles. The molecule has 0 fully saturated rings. The first-order valence-corrected chi connectivity index (χ1v) is 5.74. The molecule has 3 N–H and O–H groups in total. The summed E-state index contributed by atoms with van der Waals surface area (Å²) >= 11 is 0. The molecule has 1 aromatic rings. The van der Waals surface area contributed by atoms with E-state index in [4.69, 9.17) is 5.11 Å². The molecule has 18 heavy (non-hydrogen) atoms. The number of rotatable bonds is 6. The van der Waals surface area contributed by atoms with E-state index in [1.807, 2.05) is 6.07 Å². The van der Waals surface area contributed by atoms with E-state index in [1.54, 1.807) is 18.2 Å². The van der Waals surface area contributed by atoms with Gasteiger partial charge in [0.25, 0.3) is 0 Å². The molecule has 5 nitrogen and oxygen atoms in total. The van der Waals surface area contributed by atoms with Gasteiger partial charge in [-0.05, 0) is 30.5 Å². The van der Waals surface area contributed by atoms with Crippen molar-refractivity contribution in [2.75, 3.05) is 0 Å². The van der Waals surface area contributed by atoms with E-state index >= 15 is 0 Å². The van der Waals surface area contributed by atoms with Crippen LogP contribution >= 0.6 is 0 Å². The summed E-state index contributed by atoms with van der Waals surface area (Å²) in [5.41, 5.74) is 0.860. The molecule has 1 unspecified atom stereocenters. The van der Waals surface area contributed by atoms with Crippen molar-refractivity contribution in [3.05, 3.63) is 29.8 Å². The zero-order chi connectivity index (χ0) is 13.5. The van der Waals surface area contributed by atoms with E-state index in [0.29, 0.717) is 12.8 Å². The number of nitrogens with one attached hydrogen (secondary N) is 1. The number of aliphatic carboxylic acids is 1. The van der Waals surface area contributed by atoms with E-state index in [2.05, 4.69) is 5.32 Å². The third-order valence-corrected chi connectivity index (χ3v) is 2.51. The molecular weight excluding hydrogens is 234 g/mol. The molecule has 0 radical (unpaired) electrons. The van der Waals surface area contributed by atoms with Crippen molar-refractivity contribution < 1.29 is 19.8 Å². The maximum absolute atomic E-state index is 11.0. The number of hydrogen-bond donors (Lipinski definition) is 3. The summed E-state index contributed by atoms with van der Waals surface area (Å²) in [6.45, 7) is 1.40. The number of carbonyl (C=O) groups excluding carboxylic acids is 1. The van der Waals surface area contributed by atoms with Crippen LogP contribution in [0.15, 0.2) is 24.3 Å². The lowest BCUT2D eigenvalue weighted by atomic mass is 10.0. The molecule has 0 aliphatic rings. The minimum absolute atomic E-state index is 0.00373. The Morgan fingerprint density at radius 2 is 2.11 bits per heavy atom. The van der Waals surface area contributed by atoms with E-state index < -0.39 is 5.97 Å². The van der Waals surface area contributed by atoms with E-state index in [9.17, 15) is 14.7 Å². The van der Waals surface area contributed by atoms with Crippen molar-refractivity contribution in [2.45, 2.75) is 32.2 Å². The summed E-state index contributed by atoms with van der Waals surface area (Å²) < 4.78 is 0. The average molecular weight is 251 g/mol. The quantitative estimate of drug-likeness (QED) is 0.711. The molecule has 0 spiro atoms.